The number of fused-ring (bicyclic) bond motifs is 1. The summed E-state index contributed by atoms with van der Waals surface area (Å²) in [7, 11) is 0. The maximum Gasteiger partial charge on any atom is 0.160 e. The van der Waals surface area contributed by atoms with E-state index in [0.717, 1.165) is 17.7 Å². The third kappa shape index (κ3) is 1.80. The number of hydrogen-bond donors (Lipinski definition) is 2. The van der Waals surface area contributed by atoms with E-state index in [1.54, 1.807) is 17.3 Å². The Morgan fingerprint density at radius 2 is 2.10 bits per heavy atom. The van der Waals surface area contributed by atoms with Gasteiger partial charge in [-0.2, -0.15) is 5.26 Å². The van der Waals surface area contributed by atoms with Gasteiger partial charge in [0, 0.05) is 36.3 Å². The first kappa shape index (κ1) is 12.2. The first-order valence-corrected chi connectivity index (χ1v) is 5.90. The summed E-state index contributed by atoms with van der Waals surface area (Å²) in [6.45, 7) is 0.464. The molecule has 2 aliphatic heterocycles. The van der Waals surface area contributed by atoms with Crippen LogP contribution in [0.15, 0.2) is 53.1 Å². The zero-order valence-electron chi connectivity index (χ0n) is 10.3. The van der Waals surface area contributed by atoms with E-state index in [2.05, 4.69) is 5.32 Å². The molecular formula is C14H10F2N4. The van der Waals surface area contributed by atoms with Gasteiger partial charge in [-0.15, -0.1) is 0 Å². The van der Waals surface area contributed by atoms with Crippen LogP contribution >= 0.6 is 0 Å². The van der Waals surface area contributed by atoms with E-state index in [4.69, 9.17) is 11.0 Å². The Hall–Kier alpha value is -2.81. The maximum atomic E-state index is 13.3. The summed E-state index contributed by atoms with van der Waals surface area (Å²) in [5, 5.41) is 11.9. The molecule has 0 atom stereocenters. The van der Waals surface area contributed by atoms with Crippen molar-refractivity contribution in [1.82, 2.24) is 5.32 Å². The highest BCUT2D eigenvalue weighted by Crippen LogP contribution is 2.33. The van der Waals surface area contributed by atoms with Crippen LogP contribution < -0.4 is 16.0 Å². The SMILES string of the molecule is N#CC1=C(N)NC=C2CN(c3ccc(F)c(F)c3)C=C21. The van der Waals surface area contributed by atoms with Crippen LogP contribution in [-0.4, -0.2) is 6.54 Å². The van der Waals surface area contributed by atoms with Crippen molar-refractivity contribution in [2.75, 3.05) is 11.4 Å². The lowest BCUT2D eigenvalue weighted by Gasteiger charge is -2.16. The molecule has 2 aliphatic rings. The topological polar surface area (TPSA) is 65.1 Å². The molecule has 20 heavy (non-hydrogen) atoms. The van der Waals surface area contributed by atoms with E-state index >= 15 is 0 Å². The fraction of sp³-hybridized carbons (Fsp3) is 0.0714. The van der Waals surface area contributed by atoms with Gasteiger partial charge in [0.2, 0.25) is 0 Å². The summed E-state index contributed by atoms with van der Waals surface area (Å²) >= 11 is 0. The van der Waals surface area contributed by atoms with Crippen molar-refractivity contribution >= 4 is 5.69 Å². The highest BCUT2D eigenvalue weighted by molar-refractivity contribution is 5.67. The molecule has 100 valence electrons. The molecule has 0 saturated heterocycles. The van der Waals surface area contributed by atoms with Crippen molar-refractivity contribution in [2.24, 2.45) is 5.73 Å². The number of anilines is 1. The Morgan fingerprint density at radius 3 is 2.80 bits per heavy atom. The van der Waals surface area contributed by atoms with Gasteiger partial charge >= 0.3 is 0 Å². The Balaban J connectivity index is 2.00. The lowest BCUT2D eigenvalue weighted by atomic mass is 10.0. The summed E-state index contributed by atoms with van der Waals surface area (Å²) in [5.41, 5.74) is 8.15. The van der Waals surface area contributed by atoms with Crippen LogP contribution in [0.4, 0.5) is 14.5 Å². The average Bonchev–Trinajstić information content (AvgIpc) is 2.86. The van der Waals surface area contributed by atoms with Gasteiger partial charge in [-0.3, -0.25) is 0 Å². The second-order valence-corrected chi connectivity index (χ2v) is 4.48. The molecule has 0 amide bonds. The van der Waals surface area contributed by atoms with Crippen molar-refractivity contribution in [3.63, 3.8) is 0 Å². The second kappa shape index (κ2) is 4.38. The molecule has 0 radical (unpaired) electrons. The van der Waals surface area contributed by atoms with E-state index in [1.165, 1.54) is 6.07 Å². The second-order valence-electron chi connectivity index (χ2n) is 4.48. The first-order valence-electron chi connectivity index (χ1n) is 5.90. The number of halogens is 2. The first-order chi connectivity index (χ1) is 9.60. The van der Waals surface area contributed by atoms with Crippen LogP contribution in [0.2, 0.25) is 0 Å². The Bertz CT molecular complexity index is 725. The van der Waals surface area contributed by atoms with Gasteiger partial charge in [0.05, 0.1) is 0 Å². The van der Waals surface area contributed by atoms with Gasteiger partial charge < -0.3 is 16.0 Å². The smallest absolute Gasteiger partial charge is 0.160 e. The highest BCUT2D eigenvalue weighted by atomic mass is 19.2. The van der Waals surface area contributed by atoms with Crippen LogP contribution in [0.3, 0.4) is 0 Å². The Morgan fingerprint density at radius 1 is 1.30 bits per heavy atom. The molecule has 4 nitrogen and oxygen atoms in total. The van der Waals surface area contributed by atoms with Crippen molar-refractivity contribution in [3.8, 4) is 6.07 Å². The summed E-state index contributed by atoms with van der Waals surface area (Å²) < 4.78 is 26.2. The van der Waals surface area contributed by atoms with Gasteiger partial charge in [0.1, 0.15) is 17.5 Å². The predicted molar refractivity (Wildman–Crippen MR) is 69.8 cm³/mol. The van der Waals surface area contributed by atoms with Crippen LogP contribution in [-0.2, 0) is 0 Å². The largest absolute Gasteiger partial charge is 0.384 e. The van der Waals surface area contributed by atoms with Gasteiger partial charge in [-0.1, -0.05) is 0 Å². The van der Waals surface area contributed by atoms with Crippen LogP contribution in [0.25, 0.3) is 0 Å². The normalized spacial score (nSPS) is 17.1. The zero-order chi connectivity index (χ0) is 14.3. The lowest BCUT2D eigenvalue weighted by molar-refractivity contribution is 0.508. The molecule has 1 aromatic carbocycles. The number of hydrogen-bond acceptors (Lipinski definition) is 4. The van der Waals surface area contributed by atoms with E-state index in [1.807, 2.05) is 6.07 Å². The Kier molecular flexibility index (Phi) is 2.68. The number of benzene rings is 1. The number of nitrogens with one attached hydrogen (secondary N) is 1. The Labute approximate surface area is 114 Å². The van der Waals surface area contributed by atoms with Gasteiger partial charge in [0.15, 0.2) is 11.6 Å². The highest BCUT2D eigenvalue weighted by Gasteiger charge is 2.26. The molecule has 3 rings (SSSR count). The zero-order valence-corrected chi connectivity index (χ0v) is 10.3. The molecule has 0 saturated carbocycles. The minimum Gasteiger partial charge on any atom is -0.384 e. The molecule has 6 heteroatoms. The van der Waals surface area contributed by atoms with Crippen molar-refractivity contribution < 1.29 is 8.78 Å². The molecule has 3 N–H and O–H groups in total. The number of nitrogens with two attached hydrogens (primary N) is 1. The predicted octanol–water partition coefficient (Wildman–Crippen LogP) is 1.85. The molecule has 0 bridgehead atoms. The fourth-order valence-corrected chi connectivity index (χ4v) is 2.23. The molecule has 0 aromatic heterocycles. The molecule has 0 unspecified atom stereocenters. The lowest BCUT2D eigenvalue weighted by Crippen LogP contribution is -2.22. The third-order valence-corrected chi connectivity index (χ3v) is 3.26. The monoisotopic (exact) mass is 272 g/mol. The van der Waals surface area contributed by atoms with Crippen molar-refractivity contribution in [3.05, 3.63) is 64.8 Å². The van der Waals surface area contributed by atoms with Crippen molar-refractivity contribution in [2.45, 2.75) is 0 Å². The summed E-state index contributed by atoms with van der Waals surface area (Å²) in [4.78, 5) is 1.74. The molecular weight excluding hydrogens is 262 g/mol. The summed E-state index contributed by atoms with van der Waals surface area (Å²) in [6.07, 6.45) is 3.42. The molecule has 0 fully saturated rings. The average molecular weight is 272 g/mol. The summed E-state index contributed by atoms with van der Waals surface area (Å²) in [6, 6.07) is 5.72. The van der Waals surface area contributed by atoms with Gasteiger partial charge in [-0.05, 0) is 17.7 Å². The molecule has 2 heterocycles. The maximum absolute atomic E-state index is 13.3. The number of allylic oxidation sites excluding steroid dienone is 1. The minimum atomic E-state index is -0.904. The summed E-state index contributed by atoms with van der Waals surface area (Å²) in [5.74, 6) is -1.51. The number of dihydropyridines is 1. The standard InChI is InChI=1S/C14H10F2N4/c15-12-2-1-9(3-13(12)16)20-6-8-5-19-14(18)10(4-17)11(8)7-20/h1-3,5,7,19H,6,18H2. The van der Waals surface area contributed by atoms with Gasteiger partial charge in [-0.25, -0.2) is 8.78 Å². The molecule has 0 aliphatic carbocycles. The quantitative estimate of drug-likeness (QED) is 0.819. The fourth-order valence-electron chi connectivity index (χ4n) is 2.23. The molecule has 1 aromatic rings. The van der Waals surface area contributed by atoms with E-state index in [9.17, 15) is 8.78 Å². The van der Waals surface area contributed by atoms with Crippen LogP contribution in [0, 0.1) is 23.0 Å². The van der Waals surface area contributed by atoms with Gasteiger partial charge in [0.25, 0.3) is 0 Å². The van der Waals surface area contributed by atoms with E-state index in [0.29, 0.717) is 23.4 Å². The van der Waals surface area contributed by atoms with E-state index in [-0.39, 0.29) is 5.82 Å². The van der Waals surface area contributed by atoms with E-state index < -0.39 is 11.6 Å². The van der Waals surface area contributed by atoms with Crippen molar-refractivity contribution in [1.29, 1.82) is 5.26 Å². The minimum absolute atomic E-state index is 0.287. The number of rotatable bonds is 1. The molecule has 0 spiro atoms. The van der Waals surface area contributed by atoms with Crippen LogP contribution in [0.5, 0.6) is 0 Å². The van der Waals surface area contributed by atoms with Crippen LogP contribution in [0.1, 0.15) is 0 Å². The number of nitrogens with zero attached hydrogens (tertiary/aromatic N) is 2. The number of nitriles is 1. The third-order valence-electron chi connectivity index (χ3n) is 3.26.